The van der Waals surface area contributed by atoms with E-state index in [1.54, 1.807) is 36.4 Å². The average Bonchev–Trinajstić information content (AvgIpc) is 2.97. The molecule has 134 valence electrons. The minimum absolute atomic E-state index is 0.170. The Balaban J connectivity index is 1.55. The zero-order chi connectivity index (χ0) is 18.5. The number of benzene rings is 2. The normalized spacial score (nSPS) is 10.7. The van der Waals surface area contributed by atoms with Gasteiger partial charge in [0.15, 0.2) is 5.58 Å². The number of aryl methyl sites for hydroxylation is 1. The first-order valence-electron chi connectivity index (χ1n) is 8.15. The minimum atomic E-state index is -0.430. The van der Waals surface area contributed by atoms with Crippen LogP contribution >= 0.6 is 0 Å². The zero-order valence-corrected chi connectivity index (χ0v) is 14.2. The molecule has 0 bridgehead atoms. The van der Waals surface area contributed by atoms with E-state index in [1.165, 1.54) is 11.7 Å². The lowest BCUT2D eigenvalue weighted by Crippen LogP contribution is -2.17. The summed E-state index contributed by atoms with van der Waals surface area (Å²) < 4.78 is 11.3. The molecule has 7 heteroatoms. The van der Waals surface area contributed by atoms with Crippen molar-refractivity contribution in [1.29, 1.82) is 0 Å². The van der Waals surface area contributed by atoms with Gasteiger partial charge < -0.3 is 14.5 Å². The molecule has 3 aromatic rings. The summed E-state index contributed by atoms with van der Waals surface area (Å²) in [6, 6.07) is 13.6. The maximum Gasteiger partial charge on any atom is 0.419 e. The van der Waals surface area contributed by atoms with Crippen molar-refractivity contribution in [2.75, 3.05) is 12.4 Å². The highest BCUT2D eigenvalue weighted by molar-refractivity contribution is 5.93. The Morgan fingerprint density at radius 2 is 1.85 bits per heavy atom. The Labute approximate surface area is 149 Å². The molecule has 7 nitrogen and oxygen atoms in total. The number of oxazole rings is 1. The number of nitrogens with one attached hydrogen (secondary N) is 1. The molecule has 0 fully saturated rings. The fourth-order valence-electron chi connectivity index (χ4n) is 2.65. The molecule has 26 heavy (non-hydrogen) atoms. The lowest BCUT2D eigenvalue weighted by Gasteiger charge is -2.06. The molecule has 0 saturated heterocycles. The summed E-state index contributed by atoms with van der Waals surface area (Å²) in [7, 11) is 1.31. The van der Waals surface area contributed by atoms with Crippen molar-refractivity contribution >= 4 is 28.7 Å². The van der Waals surface area contributed by atoms with E-state index in [4.69, 9.17) is 4.42 Å². The summed E-state index contributed by atoms with van der Waals surface area (Å²) in [4.78, 5) is 35.3. The van der Waals surface area contributed by atoms with E-state index in [-0.39, 0.29) is 12.3 Å². The summed E-state index contributed by atoms with van der Waals surface area (Å²) >= 11 is 0. The molecule has 0 aliphatic carbocycles. The number of anilines is 1. The highest BCUT2D eigenvalue weighted by atomic mass is 16.5. The van der Waals surface area contributed by atoms with Crippen LogP contribution in [-0.2, 0) is 16.1 Å². The summed E-state index contributed by atoms with van der Waals surface area (Å²) in [6.07, 6.45) is 0.750. The number of aromatic nitrogens is 1. The number of methoxy groups -OCH3 is 1. The second-order valence-corrected chi connectivity index (χ2v) is 5.71. The number of carbonyl (C=O) groups is 2. The highest BCUT2D eigenvalue weighted by Gasteiger charge is 2.10. The third-order valence-corrected chi connectivity index (χ3v) is 3.95. The maximum absolute atomic E-state index is 12.1. The number of carbonyl (C=O) groups excluding carboxylic acids is 2. The van der Waals surface area contributed by atoms with Crippen molar-refractivity contribution in [2.45, 2.75) is 19.4 Å². The van der Waals surface area contributed by atoms with Crippen LogP contribution in [0, 0.1) is 0 Å². The predicted octanol–water partition coefficient (Wildman–Crippen LogP) is 2.80. The van der Waals surface area contributed by atoms with Crippen molar-refractivity contribution in [2.24, 2.45) is 0 Å². The topological polar surface area (TPSA) is 90.5 Å². The molecule has 0 aliphatic heterocycles. The molecule has 0 spiro atoms. The lowest BCUT2D eigenvalue weighted by atomic mass is 10.2. The molecule has 0 aliphatic rings. The van der Waals surface area contributed by atoms with Crippen LogP contribution < -0.4 is 11.1 Å². The number of rotatable bonds is 6. The van der Waals surface area contributed by atoms with Gasteiger partial charge in [0.25, 0.3) is 0 Å². The van der Waals surface area contributed by atoms with Gasteiger partial charge in [0, 0.05) is 18.7 Å². The fraction of sp³-hybridized carbons (Fsp3) is 0.211. The van der Waals surface area contributed by atoms with Crippen LogP contribution in [0.25, 0.3) is 11.1 Å². The molecule has 1 heterocycles. The van der Waals surface area contributed by atoms with Crippen LogP contribution in [0.3, 0.4) is 0 Å². The molecule has 2 aromatic carbocycles. The zero-order valence-electron chi connectivity index (χ0n) is 14.2. The third-order valence-electron chi connectivity index (χ3n) is 3.95. The number of ether oxygens (including phenoxy) is 1. The number of amides is 1. The Hall–Kier alpha value is -3.35. The Bertz CT molecular complexity index is 985. The van der Waals surface area contributed by atoms with Gasteiger partial charge in [-0.2, -0.15) is 0 Å². The Morgan fingerprint density at radius 3 is 2.58 bits per heavy atom. The van der Waals surface area contributed by atoms with Crippen LogP contribution in [0.4, 0.5) is 5.69 Å². The van der Waals surface area contributed by atoms with Crippen molar-refractivity contribution in [3.8, 4) is 0 Å². The standard InChI is InChI=1S/C19H18N2O5/c1-25-18(23)13-8-10-14(11-9-13)20-17(22)7-4-12-21-15-5-2-3-6-16(15)26-19(21)24/h2-3,5-6,8-11H,4,7,12H2,1H3,(H,20,22). The maximum atomic E-state index is 12.1. The van der Waals surface area contributed by atoms with E-state index in [2.05, 4.69) is 10.1 Å². The number of nitrogens with zero attached hydrogens (tertiary/aromatic N) is 1. The van der Waals surface area contributed by atoms with E-state index >= 15 is 0 Å². The first-order chi connectivity index (χ1) is 12.6. The fourth-order valence-corrected chi connectivity index (χ4v) is 2.65. The van der Waals surface area contributed by atoms with E-state index in [9.17, 15) is 14.4 Å². The van der Waals surface area contributed by atoms with Crippen LogP contribution in [0.1, 0.15) is 23.2 Å². The third kappa shape index (κ3) is 3.83. The van der Waals surface area contributed by atoms with Gasteiger partial charge >= 0.3 is 11.7 Å². The Morgan fingerprint density at radius 1 is 1.12 bits per heavy atom. The van der Waals surface area contributed by atoms with Crippen LogP contribution in [0.15, 0.2) is 57.7 Å². The smallest absolute Gasteiger partial charge is 0.419 e. The van der Waals surface area contributed by atoms with Crippen LogP contribution in [0.5, 0.6) is 0 Å². The molecular weight excluding hydrogens is 336 g/mol. The van der Waals surface area contributed by atoms with Gasteiger partial charge in [0.1, 0.15) is 0 Å². The SMILES string of the molecule is COC(=O)c1ccc(NC(=O)CCCn2c(=O)oc3ccccc32)cc1. The lowest BCUT2D eigenvalue weighted by molar-refractivity contribution is -0.116. The monoisotopic (exact) mass is 354 g/mol. The van der Waals surface area contributed by atoms with Gasteiger partial charge in [-0.1, -0.05) is 12.1 Å². The largest absolute Gasteiger partial charge is 0.465 e. The number of hydrogen-bond donors (Lipinski definition) is 1. The summed E-state index contributed by atoms with van der Waals surface area (Å²) in [6.45, 7) is 0.393. The molecule has 1 N–H and O–H groups in total. The molecule has 0 unspecified atom stereocenters. The van der Waals surface area contributed by atoms with Gasteiger partial charge in [-0.25, -0.2) is 9.59 Å². The average molecular weight is 354 g/mol. The van der Waals surface area contributed by atoms with Gasteiger partial charge in [-0.3, -0.25) is 9.36 Å². The first kappa shape index (κ1) is 17.5. The van der Waals surface area contributed by atoms with Gasteiger partial charge in [0.05, 0.1) is 18.2 Å². The van der Waals surface area contributed by atoms with Gasteiger partial charge in [0.2, 0.25) is 5.91 Å². The molecule has 3 rings (SSSR count). The minimum Gasteiger partial charge on any atom is -0.465 e. The Kier molecular flexibility index (Phi) is 5.17. The van der Waals surface area contributed by atoms with E-state index in [0.29, 0.717) is 29.8 Å². The molecule has 1 amide bonds. The van der Waals surface area contributed by atoms with Crippen LogP contribution in [0.2, 0.25) is 0 Å². The van der Waals surface area contributed by atoms with Crippen molar-refractivity contribution in [1.82, 2.24) is 4.57 Å². The summed E-state index contributed by atoms with van der Waals surface area (Å²) in [5, 5.41) is 2.76. The summed E-state index contributed by atoms with van der Waals surface area (Å²) in [5.41, 5.74) is 2.26. The number of hydrogen-bond acceptors (Lipinski definition) is 5. The van der Waals surface area contributed by atoms with Crippen molar-refractivity contribution in [3.05, 3.63) is 64.6 Å². The van der Waals surface area contributed by atoms with E-state index in [1.807, 2.05) is 12.1 Å². The number of esters is 1. The quantitative estimate of drug-likeness (QED) is 0.688. The first-order valence-corrected chi connectivity index (χ1v) is 8.15. The molecule has 0 radical (unpaired) electrons. The highest BCUT2D eigenvalue weighted by Crippen LogP contribution is 2.13. The molecule has 0 atom stereocenters. The molecule has 1 aromatic heterocycles. The van der Waals surface area contributed by atoms with Gasteiger partial charge in [-0.15, -0.1) is 0 Å². The summed E-state index contributed by atoms with van der Waals surface area (Å²) in [5.74, 6) is -1.03. The van der Waals surface area contributed by atoms with Gasteiger partial charge in [-0.05, 0) is 42.8 Å². The van der Waals surface area contributed by atoms with E-state index in [0.717, 1.165) is 5.52 Å². The number of para-hydroxylation sites is 2. The molecule has 0 saturated carbocycles. The molecular formula is C19H18N2O5. The second-order valence-electron chi connectivity index (χ2n) is 5.71. The van der Waals surface area contributed by atoms with Crippen molar-refractivity contribution in [3.63, 3.8) is 0 Å². The predicted molar refractivity (Wildman–Crippen MR) is 96.1 cm³/mol. The second kappa shape index (κ2) is 7.69. The van der Waals surface area contributed by atoms with Crippen molar-refractivity contribution < 1.29 is 18.7 Å². The van der Waals surface area contributed by atoms with E-state index < -0.39 is 11.7 Å². The number of fused-ring (bicyclic) bond motifs is 1. The van der Waals surface area contributed by atoms with Crippen LogP contribution in [-0.4, -0.2) is 23.6 Å².